The maximum atomic E-state index is 6.60. The summed E-state index contributed by atoms with van der Waals surface area (Å²) in [5, 5.41) is 5.70. The van der Waals surface area contributed by atoms with E-state index in [9.17, 15) is 0 Å². The summed E-state index contributed by atoms with van der Waals surface area (Å²) in [7, 11) is 0. The van der Waals surface area contributed by atoms with Crippen molar-refractivity contribution in [2.45, 2.75) is 57.7 Å². The van der Waals surface area contributed by atoms with Gasteiger partial charge in [-0.2, -0.15) is 0 Å². The molecule has 0 spiro atoms. The van der Waals surface area contributed by atoms with Crippen LogP contribution in [0.15, 0.2) is 48.7 Å². The topological polar surface area (TPSA) is 33.1 Å². The Kier molecular flexibility index (Phi) is 5.91. The van der Waals surface area contributed by atoms with Crippen LogP contribution in [-0.4, -0.2) is 25.6 Å². The van der Waals surface area contributed by atoms with Gasteiger partial charge in [0, 0.05) is 28.6 Å². The van der Waals surface area contributed by atoms with E-state index in [1.54, 1.807) is 6.07 Å². The zero-order chi connectivity index (χ0) is 22.4. The van der Waals surface area contributed by atoms with Gasteiger partial charge in [0.15, 0.2) is 5.11 Å². The molecule has 166 valence electrons. The number of aromatic nitrogens is 2. The Bertz CT molecular complexity index is 1150. The van der Waals surface area contributed by atoms with Crippen LogP contribution >= 0.6 is 35.4 Å². The van der Waals surface area contributed by atoms with Crippen LogP contribution < -0.4 is 5.32 Å². The highest BCUT2D eigenvalue weighted by atomic mass is 35.5. The monoisotopic (exact) mass is 484 g/mol. The van der Waals surface area contributed by atoms with Gasteiger partial charge in [0.1, 0.15) is 0 Å². The summed E-state index contributed by atoms with van der Waals surface area (Å²) in [5.41, 5.74) is 5.49. The molecule has 0 bridgehead atoms. The predicted molar refractivity (Wildman–Crippen MR) is 135 cm³/mol. The van der Waals surface area contributed by atoms with E-state index in [-0.39, 0.29) is 12.1 Å². The molecule has 1 saturated carbocycles. The number of thiocarbonyl (C=S) groups is 1. The van der Waals surface area contributed by atoms with Crippen LogP contribution in [0.25, 0.3) is 5.69 Å². The molecule has 2 aliphatic rings. The molecular weight excluding hydrogens is 459 g/mol. The molecule has 4 nitrogen and oxygen atoms in total. The summed E-state index contributed by atoms with van der Waals surface area (Å²) >= 11 is 18.6. The van der Waals surface area contributed by atoms with Gasteiger partial charge in [0.05, 0.1) is 28.5 Å². The van der Waals surface area contributed by atoms with Crippen molar-refractivity contribution in [3.63, 3.8) is 0 Å². The van der Waals surface area contributed by atoms with Crippen molar-refractivity contribution >= 4 is 40.5 Å². The van der Waals surface area contributed by atoms with Crippen molar-refractivity contribution < 1.29 is 0 Å². The number of nitrogens with one attached hydrogen (secondary N) is 1. The van der Waals surface area contributed by atoms with Crippen molar-refractivity contribution in [1.29, 1.82) is 0 Å². The Hall–Kier alpha value is -2.08. The van der Waals surface area contributed by atoms with E-state index in [4.69, 9.17) is 35.4 Å². The molecule has 32 heavy (non-hydrogen) atoms. The number of halogens is 2. The van der Waals surface area contributed by atoms with Crippen LogP contribution in [0.1, 0.15) is 60.4 Å². The van der Waals surface area contributed by atoms with Gasteiger partial charge in [-0.25, -0.2) is 0 Å². The summed E-state index contributed by atoms with van der Waals surface area (Å²) in [4.78, 5) is 7.12. The third kappa shape index (κ3) is 3.70. The van der Waals surface area contributed by atoms with E-state index in [0.717, 1.165) is 27.9 Å². The number of nitrogens with zero attached hydrogens (tertiary/aromatic N) is 3. The Morgan fingerprint density at radius 2 is 1.84 bits per heavy atom. The van der Waals surface area contributed by atoms with Crippen LogP contribution in [0.2, 0.25) is 10.0 Å². The zero-order valence-corrected chi connectivity index (χ0v) is 20.5. The molecule has 1 saturated heterocycles. The third-order valence-electron chi connectivity index (χ3n) is 6.79. The number of pyridine rings is 1. The highest BCUT2D eigenvalue weighted by Crippen LogP contribution is 2.45. The lowest BCUT2D eigenvalue weighted by atomic mass is 9.95. The molecular formula is C25H26Cl2N4S. The molecule has 1 aliphatic carbocycles. The summed E-state index contributed by atoms with van der Waals surface area (Å²) in [6.07, 6.45) is 6.71. The first kappa shape index (κ1) is 21.7. The second-order valence-electron chi connectivity index (χ2n) is 8.73. The molecule has 3 heterocycles. The third-order valence-corrected chi connectivity index (χ3v) is 7.66. The molecule has 1 N–H and O–H groups in total. The van der Waals surface area contributed by atoms with Gasteiger partial charge in [0.2, 0.25) is 0 Å². The van der Waals surface area contributed by atoms with E-state index in [1.165, 1.54) is 31.2 Å². The standard InChI is InChI=1S/C25H26Cl2N4S/c1-15-13-19(16(2)30(15)22-11-10-17(26)14-20(22)27)24-23(21-9-5-6-12-28-21)29-25(32)31(24)18-7-3-4-8-18/h5-6,9-14,18,23-24H,3-4,7-8H2,1-2H3,(H,29,32)/t23-,24+/m1/s1. The summed E-state index contributed by atoms with van der Waals surface area (Å²) in [6.45, 7) is 4.29. The average Bonchev–Trinajstić information content (AvgIpc) is 3.47. The first-order chi connectivity index (χ1) is 15.5. The molecule has 0 unspecified atom stereocenters. The molecule has 2 fully saturated rings. The fraction of sp³-hybridized carbons (Fsp3) is 0.360. The smallest absolute Gasteiger partial charge is 0.170 e. The normalized spacial score (nSPS) is 21.4. The molecule has 7 heteroatoms. The number of hydrogen-bond donors (Lipinski definition) is 1. The first-order valence-corrected chi connectivity index (χ1v) is 12.3. The molecule has 1 aromatic carbocycles. The van der Waals surface area contributed by atoms with E-state index in [0.29, 0.717) is 16.1 Å². The van der Waals surface area contributed by atoms with Gasteiger partial charge in [-0.1, -0.05) is 42.1 Å². The summed E-state index contributed by atoms with van der Waals surface area (Å²) in [6, 6.07) is 14.5. The number of benzene rings is 1. The fourth-order valence-electron chi connectivity index (χ4n) is 5.39. The quantitative estimate of drug-likeness (QED) is 0.417. The van der Waals surface area contributed by atoms with E-state index in [1.807, 2.05) is 30.5 Å². The van der Waals surface area contributed by atoms with Gasteiger partial charge in [-0.15, -0.1) is 0 Å². The molecule has 5 rings (SSSR count). The lowest BCUT2D eigenvalue weighted by molar-refractivity contribution is 0.245. The van der Waals surface area contributed by atoms with Crippen molar-refractivity contribution in [3.05, 3.63) is 81.4 Å². The molecule has 1 aliphatic heterocycles. The van der Waals surface area contributed by atoms with Gasteiger partial charge in [0.25, 0.3) is 0 Å². The van der Waals surface area contributed by atoms with Gasteiger partial charge in [-0.05, 0) is 80.9 Å². The van der Waals surface area contributed by atoms with E-state index >= 15 is 0 Å². The highest BCUT2D eigenvalue weighted by molar-refractivity contribution is 7.80. The van der Waals surface area contributed by atoms with Crippen LogP contribution in [0.5, 0.6) is 0 Å². The molecule has 0 amide bonds. The summed E-state index contributed by atoms with van der Waals surface area (Å²) < 4.78 is 2.22. The van der Waals surface area contributed by atoms with Crippen molar-refractivity contribution in [1.82, 2.24) is 19.8 Å². The minimum absolute atomic E-state index is 0.000982. The Labute approximate surface area is 204 Å². The minimum Gasteiger partial charge on any atom is -0.352 e. The lowest BCUT2D eigenvalue weighted by Crippen LogP contribution is -2.37. The molecule has 2 atom stereocenters. The average molecular weight is 485 g/mol. The largest absolute Gasteiger partial charge is 0.352 e. The maximum Gasteiger partial charge on any atom is 0.170 e. The van der Waals surface area contributed by atoms with E-state index in [2.05, 4.69) is 45.7 Å². The number of rotatable bonds is 4. The summed E-state index contributed by atoms with van der Waals surface area (Å²) in [5.74, 6) is 0. The van der Waals surface area contributed by atoms with Crippen LogP contribution in [0.3, 0.4) is 0 Å². The maximum absolute atomic E-state index is 6.60. The van der Waals surface area contributed by atoms with Crippen LogP contribution in [0.4, 0.5) is 0 Å². The second kappa shape index (κ2) is 8.69. The van der Waals surface area contributed by atoms with Crippen molar-refractivity contribution in [3.8, 4) is 5.69 Å². The van der Waals surface area contributed by atoms with Crippen molar-refractivity contribution in [2.24, 2.45) is 0 Å². The van der Waals surface area contributed by atoms with Gasteiger partial charge < -0.3 is 14.8 Å². The predicted octanol–water partition coefficient (Wildman–Crippen LogP) is 6.71. The second-order valence-corrected chi connectivity index (χ2v) is 9.96. The molecule has 3 aromatic rings. The number of hydrogen-bond acceptors (Lipinski definition) is 2. The number of aryl methyl sites for hydroxylation is 1. The Morgan fingerprint density at radius 3 is 2.53 bits per heavy atom. The van der Waals surface area contributed by atoms with Crippen molar-refractivity contribution in [2.75, 3.05) is 0 Å². The van der Waals surface area contributed by atoms with E-state index < -0.39 is 0 Å². The first-order valence-electron chi connectivity index (χ1n) is 11.1. The zero-order valence-electron chi connectivity index (χ0n) is 18.2. The lowest BCUT2D eigenvalue weighted by Gasteiger charge is -2.33. The van der Waals surface area contributed by atoms with Gasteiger partial charge in [-0.3, -0.25) is 4.98 Å². The Balaban J connectivity index is 1.65. The molecule has 2 aromatic heterocycles. The highest BCUT2D eigenvalue weighted by Gasteiger charge is 2.44. The fourth-order valence-corrected chi connectivity index (χ4v) is 6.28. The Morgan fingerprint density at radius 1 is 1.06 bits per heavy atom. The minimum atomic E-state index is -0.000982. The van der Waals surface area contributed by atoms with Crippen LogP contribution in [-0.2, 0) is 0 Å². The van der Waals surface area contributed by atoms with Crippen LogP contribution in [0, 0.1) is 13.8 Å². The van der Waals surface area contributed by atoms with Gasteiger partial charge >= 0.3 is 0 Å². The molecule has 0 radical (unpaired) electrons. The SMILES string of the molecule is Cc1cc([C@H]2[C@@H](c3ccccn3)NC(=S)N2C2CCCC2)c(C)n1-c1ccc(Cl)cc1Cl.